The van der Waals surface area contributed by atoms with E-state index in [0.717, 1.165) is 13.1 Å². The molecule has 0 radical (unpaired) electrons. The maximum Gasteiger partial charge on any atom is 0.424 e. The smallest absolute Gasteiger partial charge is 0.379 e. The molecule has 0 aliphatic rings. The highest BCUT2D eigenvalue weighted by Crippen LogP contribution is 2.12. The molecule has 0 bridgehead atoms. The molecule has 0 amide bonds. The Hall–Kier alpha value is 0.0338. The Morgan fingerprint density at radius 3 is 1.11 bits per heavy atom. The Labute approximate surface area is 113 Å². The van der Waals surface area contributed by atoms with Crippen molar-refractivity contribution in [1.82, 2.24) is 0 Å². The van der Waals surface area contributed by atoms with Gasteiger partial charge in [-0.2, -0.15) is 0 Å². The van der Waals surface area contributed by atoms with Crippen LogP contribution in [-0.2, 0) is 14.2 Å². The third-order valence-electron chi connectivity index (χ3n) is 2.11. The molecule has 0 atom stereocenters. The lowest BCUT2D eigenvalue weighted by Crippen LogP contribution is -2.20. The normalized spacial score (nSPS) is 12.9. The lowest BCUT2D eigenvalue weighted by Gasteiger charge is -2.09. The first-order chi connectivity index (χ1) is 8.71. The van der Waals surface area contributed by atoms with E-state index in [0.29, 0.717) is 13.2 Å². The van der Waals surface area contributed by atoms with Gasteiger partial charge in [-0.1, -0.05) is 0 Å². The molecule has 0 spiro atoms. The van der Waals surface area contributed by atoms with Crippen LogP contribution in [0.25, 0.3) is 0 Å². The van der Waals surface area contributed by atoms with E-state index in [9.17, 15) is 16.4 Å². The summed E-state index contributed by atoms with van der Waals surface area (Å²) in [5, 5.41) is 0. The number of halogens is 4. The van der Waals surface area contributed by atoms with Gasteiger partial charge in [-0.25, -0.2) is 0 Å². The zero-order chi connectivity index (χ0) is 14.8. The van der Waals surface area contributed by atoms with E-state index in [1.54, 1.807) is 0 Å². The first-order valence-corrected chi connectivity index (χ1v) is 11.1. The lowest BCUT2D eigenvalue weighted by atomic mass is 10.7. The van der Waals surface area contributed by atoms with Gasteiger partial charge in [0, 0.05) is 25.3 Å². The first-order valence-electron chi connectivity index (χ1n) is 6.20. The summed E-state index contributed by atoms with van der Waals surface area (Å²) >= 11 is 0. The molecule has 0 heterocycles. The van der Waals surface area contributed by atoms with E-state index in [-0.39, 0.29) is 38.5 Å². The van der Waals surface area contributed by atoms with Gasteiger partial charge in [0.2, 0.25) is 0 Å². The monoisotopic (exact) mass is 322 g/mol. The quantitative estimate of drug-likeness (QED) is 0.239. The van der Waals surface area contributed by atoms with Gasteiger partial charge < -0.3 is 14.2 Å². The maximum atomic E-state index is 12.5. The van der Waals surface area contributed by atoms with Crippen molar-refractivity contribution in [2.24, 2.45) is 0 Å². The second-order valence-corrected chi connectivity index (χ2v) is 9.76. The highest BCUT2D eigenvalue weighted by molar-refractivity contribution is 6.64. The average molecular weight is 322 g/mol. The Bertz CT molecular complexity index is 200. The summed E-state index contributed by atoms with van der Waals surface area (Å²) in [4.78, 5) is 0. The van der Waals surface area contributed by atoms with Crippen molar-refractivity contribution in [3.05, 3.63) is 0 Å². The Kier molecular flexibility index (Phi) is 9.88. The Morgan fingerprint density at radius 2 is 0.842 bits per heavy atom. The van der Waals surface area contributed by atoms with Crippen molar-refractivity contribution in [3.63, 3.8) is 0 Å². The summed E-state index contributed by atoms with van der Waals surface area (Å²) in [5.74, 6) is 0. The summed E-state index contributed by atoms with van der Waals surface area (Å²) in [7, 11) is -8.01. The van der Waals surface area contributed by atoms with Crippen LogP contribution in [0, 0.1) is 0 Å². The van der Waals surface area contributed by atoms with Crippen LogP contribution in [0.15, 0.2) is 0 Å². The largest absolute Gasteiger partial charge is 0.424 e. The zero-order valence-corrected chi connectivity index (χ0v) is 13.4. The van der Waals surface area contributed by atoms with Gasteiger partial charge in [0.05, 0.1) is 26.4 Å². The molecule has 0 aromatic carbocycles. The average Bonchev–Trinajstić information content (AvgIpc) is 2.22. The molecule has 0 saturated carbocycles. The van der Waals surface area contributed by atoms with Crippen LogP contribution < -0.4 is 0 Å². The van der Waals surface area contributed by atoms with E-state index < -0.39 is 17.5 Å². The van der Waals surface area contributed by atoms with Crippen LogP contribution in [0.3, 0.4) is 0 Å². The number of hydrogen-bond acceptors (Lipinski definition) is 3. The molecule has 116 valence electrons. The summed E-state index contributed by atoms with van der Waals surface area (Å²) in [6.07, 6.45) is 0. The summed E-state index contributed by atoms with van der Waals surface area (Å²) in [6.45, 7) is 3.14. The van der Waals surface area contributed by atoms with Crippen molar-refractivity contribution in [2.45, 2.75) is 25.2 Å². The summed E-state index contributed by atoms with van der Waals surface area (Å²) in [6, 6.07) is -0.351. The molecule has 3 nitrogen and oxygen atoms in total. The van der Waals surface area contributed by atoms with Gasteiger partial charge in [0.1, 0.15) is 0 Å². The molecule has 0 fully saturated rings. The molecule has 0 N–H and O–H groups in total. The van der Waals surface area contributed by atoms with Crippen LogP contribution in [0.2, 0.25) is 25.2 Å². The van der Waals surface area contributed by atoms with Crippen LogP contribution in [0.5, 0.6) is 0 Å². The molecule has 0 unspecified atom stereocenters. The minimum Gasteiger partial charge on any atom is -0.379 e. The molecular formula is C10H22F4O3Si2. The molecule has 0 aromatic rings. The van der Waals surface area contributed by atoms with E-state index in [2.05, 4.69) is 0 Å². The molecule has 0 aliphatic heterocycles. The highest BCUT2D eigenvalue weighted by Gasteiger charge is 2.27. The van der Waals surface area contributed by atoms with E-state index in [4.69, 9.17) is 14.2 Å². The Morgan fingerprint density at radius 1 is 0.579 bits per heavy atom. The minimum atomic E-state index is -4.01. The van der Waals surface area contributed by atoms with Gasteiger partial charge in [-0.3, -0.25) is 16.4 Å². The molecule has 0 rings (SSSR count). The third kappa shape index (κ3) is 18.0. The highest BCUT2D eigenvalue weighted by atomic mass is 28.4. The minimum absolute atomic E-state index is 0.0474. The van der Waals surface area contributed by atoms with Gasteiger partial charge in [-0.05, 0) is 13.1 Å². The molecule has 0 saturated heterocycles. The summed E-state index contributed by atoms with van der Waals surface area (Å²) < 4.78 is 65.1. The second-order valence-electron chi connectivity index (χ2n) is 4.48. The topological polar surface area (TPSA) is 27.7 Å². The molecular weight excluding hydrogens is 300 g/mol. The van der Waals surface area contributed by atoms with Crippen LogP contribution in [0.1, 0.15) is 0 Å². The van der Waals surface area contributed by atoms with Gasteiger partial charge in [0.15, 0.2) is 0 Å². The number of hydrogen-bond donors (Lipinski definition) is 0. The van der Waals surface area contributed by atoms with Gasteiger partial charge in [-0.15, -0.1) is 0 Å². The number of rotatable bonds is 12. The van der Waals surface area contributed by atoms with Crippen LogP contribution >= 0.6 is 0 Å². The molecule has 9 heteroatoms. The number of ether oxygens (including phenoxy) is 3. The predicted molar refractivity (Wildman–Crippen MR) is 69.7 cm³/mol. The van der Waals surface area contributed by atoms with E-state index >= 15 is 0 Å². The van der Waals surface area contributed by atoms with Crippen LogP contribution in [-0.4, -0.2) is 57.1 Å². The van der Waals surface area contributed by atoms with Crippen molar-refractivity contribution >= 4 is 17.5 Å². The van der Waals surface area contributed by atoms with Crippen LogP contribution in [0.4, 0.5) is 16.4 Å². The lowest BCUT2D eigenvalue weighted by molar-refractivity contribution is 0.0186. The Balaban J connectivity index is 3.12. The zero-order valence-electron chi connectivity index (χ0n) is 11.4. The third-order valence-corrected chi connectivity index (χ3v) is 4.28. The fourth-order valence-electron chi connectivity index (χ4n) is 1.04. The first kappa shape index (κ1) is 19.0. The fraction of sp³-hybridized carbons (Fsp3) is 1.00. The van der Waals surface area contributed by atoms with Gasteiger partial charge in [0.25, 0.3) is 0 Å². The van der Waals surface area contributed by atoms with Crippen molar-refractivity contribution in [3.8, 4) is 0 Å². The molecule has 19 heavy (non-hydrogen) atoms. The molecule has 0 aliphatic carbocycles. The van der Waals surface area contributed by atoms with E-state index in [1.165, 1.54) is 0 Å². The van der Waals surface area contributed by atoms with E-state index in [1.807, 2.05) is 0 Å². The van der Waals surface area contributed by atoms with Gasteiger partial charge >= 0.3 is 17.5 Å². The van der Waals surface area contributed by atoms with Crippen molar-refractivity contribution in [1.29, 1.82) is 0 Å². The van der Waals surface area contributed by atoms with Crippen molar-refractivity contribution in [2.75, 3.05) is 39.6 Å². The predicted octanol–water partition coefficient (Wildman–Crippen LogP) is 3.06. The van der Waals surface area contributed by atoms with Crippen molar-refractivity contribution < 1.29 is 30.6 Å². The maximum absolute atomic E-state index is 12.5. The fourth-order valence-corrected chi connectivity index (χ4v) is 2.05. The standard InChI is InChI=1S/C10H22F4O3Si2/c1-18(11,12)9-7-16-5-3-15-4-6-17-8-10-19(2,13)14/h3-10H2,1-2H3. The molecule has 0 aromatic heterocycles. The summed E-state index contributed by atoms with van der Waals surface area (Å²) in [5.41, 5.74) is 0. The SMILES string of the molecule is C[Si](F)(F)CCOCCOCCOCC[Si](C)(F)F. The second kappa shape index (κ2) is 9.86.